The summed E-state index contributed by atoms with van der Waals surface area (Å²) in [4.78, 5) is 18.7. The molecule has 0 unspecified atom stereocenters. The van der Waals surface area contributed by atoms with Gasteiger partial charge in [-0.3, -0.25) is 9.36 Å². The fourth-order valence-corrected chi connectivity index (χ4v) is 5.37. The summed E-state index contributed by atoms with van der Waals surface area (Å²) in [7, 11) is 0. The van der Waals surface area contributed by atoms with Crippen LogP contribution in [0.2, 0.25) is 10.0 Å². The molecule has 2 aromatic carbocycles. The number of nitrogens with zero attached hydrogens (tertiary/aromatic N) is 2. The average Bonchev–Trinajstić information content (AvgIpc) is 3.13. The lowest BCUT2D eigenvalue weighted by Crippen LogP contribution is -2.23. The number of fused-ring (bicyclic) bond motifs is 1. The highest BCUT2D eigenvalue weighted by atomic mass is 79.9. The maximum absolute atomic E-state index is 13.1. The molecule has 0 amide bonds. The molecule has 0 saturated carbocycles. The van der Waals surface area contributed by atoms with Crippen LogP contribution in [0, 0.1) is 0 Å². The molecule has 0 spiro atoms. The number of aryl methyl sites for hydroxylation is 1. The minimum Gasteiger partial charge on any atom is -0.268 e. The second-order valence-electron chi connectivity index (χ2n) is 5.92. The molecule has 1 aliphatic heterocycles. The van der Waals surface area contributed by atoms with Gasteiger partial charge in [0.1, 0.15) is 0 Å². The number of benzene rings is 2. The van der Waals surface area contributed by atoms with E-state index in [1.807, 2.05) is 36.4 Å². The van der Waals surface area contributed by atoms with Crippen LogP contribution in [0.25, 0.3) is 5.69 Å². The van der Waals surface area contributed by atoms with Gasteiger partial charge in [0.25, 0.3) is 5.56 Å². The summed E-state index contributed by atoms with van der Waals surface area (Å²) in [6, 6.07) is 13.3. The van der Waals surface area contributed by atoms with Gasteiger partial charge in [-0.25, -0.2) is 4.98 Å². The van der Waals surface area contributed by atoms with E-state index in [0.29, 0.717) is 21.0 Å². The molecule has 4 rings (SSSR count). The van der Waals surface area contributed by atoms with Gasteiger partial charge >= 0.3 is 0 Å². The summed E-state index contributed by atoms with van der Waals surface area (Å²) in [5.41, 5.74) is 2.74. The summed E-state index contributed by atoms with van der Waals surface area (Å²) in [5, 5.41) is 1.75. The van der Waals surface area contributed by atoms with Crippen molar-refractivity contribution in [2.45, 2.75) is 22.2 Å². The Hall–Kier alpha value is -0.920. The molecule has 0 bridgehead atoms. The standard InChI is InChI=1S/C19H13BrCl2N2OS2/c20-12-2-4-13(5-3-12)24-18(25)17-16(7-8-26-17)23-19(24)27-10-11-1-6-14(21)15(22)9-11/h1-6,9H,7-8,10H2. The molecular formula is C19H13BrCl2N2OS2. The van der Waals surface area contributed by atoms with Gasteiger partial charge < -0.3 is 0 Å². The summed E-state index contributed by atoms with van der Waals surface area (Å²) < 4.78 is 2.67. The van der Waals surface area contributed by atoms with Crippen LogP contribution < -0.4 is 5.56 Å². The first-order chi connectivity index (χ1) is 13.0. The van der Waals surface area contributed by atoms with E-state index in [0.717, 1.165) is 38.5 Å². The second kappa shape index (κ2) is 8.21. The molecule has 1 aromatic heterocycles. The van der Waals surface area contributed by atoms with E-state index in [-0.39, 0.29) is 5.56 Å². The van der Waals surface area contributed by atoms with Crippen LogP contribution in [0.15, 0.2) is 61.8 Å². The minimum atomic E-state index is 0.00135. The zero-order chi connectivity index (χ0) is 19.0. The summed E-state index contributed by atoms with van der Waals surface area (Å²) in [5.74, 6) is 1.55. The molecule has 0 N–H and O–H groups in total. The molecular weight excluding hydrogens is 487 g/mol. The fraction of sp³-hybridized carbons (Fsp3) is 0.158. The van der Waals surface area contributed by atoms with Crippen LogP contribution in [0.1, 0.15) is 11.3 Å². The number of aromatic nitrogens is 2. The second-order valence-corrected chi connectivity index (χ2v) is 9.70. The molecule has 1 aliphatic rings. The first-order valence-electron chi connectivity index (χ1n) is 8.14. The van der Waals surface area contributed by atoms with E-state index in [1.165, 1.54) is 11.8 Å². The van der Waals surface area contributed by atoms with Crippen molar-refractivity contribution in [3.63, 3.8) is 0 Å². The lowest BCUT2D eigenvalue weighted by atomic mass is 10.2. The molecule has 0 fully saturated rings. The van der Waals surface area contributed by atoms with Gasteiger partial charge in [-0.05, 0) is 42.0 Å². The van der Waals surface area contributed by atoms with Crippen molar-refractivity contribution in [1.29, 1.82) is 0 Å². The van der Waals surface area contributed by atoms with Gasteiger partial charge in [-0.15, -0.1) is 11.8 Å². The van der Waals surface area contributed by atoms with Crippen LogP contribution in [0.5, 0.6) is 0 Å². The summed E-state index contributed by atoms with van der Waals surface area (Å²) in [6.45, 7) is 0. The van der Waals surface area contributed by atoms with Crippen molar-refractivity contribution >= 4 is 62.7 Å². The minimum absolute atomic E-state index is 0.00135. The van der Waals surface area contributed by atoms with Gasteiger partial charge in [0, 0.05) is 22.4 Å². The van der Waals surface area contributed by atoms with E-state index >= 15 is 0 Å². The lowest BCUT2D eigenvalue weighted by Gasteiger charge is -2.14. The van der Waals surface area contributed by atoms with E-state index < -0.39 is 0 Å². The van der Waals surface area contributed by atoms with E-state index in [4.69, 9.17) is 28.2 Å². The van der Waals surface area contributed by atoms with Crippen molar-refractivity contribution in [3.8, 4) is 5.69 Å². The van der Waals surface area contributed by atoms with Crippen LogP contribution >= 0.6 is 62.7 Å². The Morgan fingerprint density at radius 2 is 1.93 bits per heavy atom. The average molecular weight is 500 g/mol. The van der Waals surface area contributed by atoms with Gasteiger partial charge in [0.2, 0.25) is 0 Å². The summed E-state index contributed by atoms with van der Waals surface area (Å²) >= 11 is 18.7. The number of halogens is 3. The number of hydrogen-bond donors (Lipinski definition) is 0. The van der Waals surface area contributed by atoms with Gasteiger partial charge in [0.15, 0.2) is 5.16 Å². The van der Waals surface area contributed by atoms with Crippen molar-refractivity contribution in [2.75, 3.05) is 5.75 Å². The predicted molar refractivity (Wildman–Crippen MR) is 118 cm³/mol. The normalized spacial score (nSPS) is 13.0. The molecule has 2 heterocycles. The maximum Gasteiger partial charge on any atom is 0.272 e. The highest BCUT2D eigenvalue weighted by molar-refractivity contribution is 9.10. The maximum atomic E-state index is 13.1. The van der Waals surface area contributed by atoms with E-state index in [2.05, 4.69) is 15.9 Å². The van der Waals surface area contributed by atoms with Crippen LogP contribution in [0.4, 0.5) is 0 Å². The Labute approximate surface area is 183 Å². The van der Waals surface area contributed by atoms with Crippen molar-refractivity contribution < 1.29 is 0 Å². The zero-order valence-corrected chi connectivity index (χ0v) is 18.6. The molecule has 0 aliphatic carbocycles. The molecule has 8 heteroatoms. The Morgan fingerprint density at radius 3 is 2.67 bits per heavy atom. The predicted octanol–water partition coefficient (Wildman–Crippen LogP) is 6.24. The number of rotatable bonds is 4. The van der Waals surface area contributed by atoms with Crippen LogP contribution in [-0.4, -0.2) is 15.3 Å². The van der Waals surface area contributed by atoms with Crippen LogP contribution in [-0.2, 0) is 12.2 Å². The Balaban J connectivity index is 1.74. The number of thioether (sulfide) groups is 2. The van der Waals surface area contributed by atoms with Crippen molar-refractivity contribution in [1.82, 2.24) is 9.55 Å². The van der Waals surface area contributed by atoms with E-state index in [1.54, 1.807) is 22.4 Å². The Bertz CT molecular complexity index is 1070. The highest BCUT2D eigenvalue weighted by Gasteiger charge is 2.22. The summed E-state index contributed by atoms with van der Waals surface area (Å²) in [6.07, 6.45) is 0.830. The fourth-order valence-electron chi connectivity index (χ4n) is 2.78. The SMILES string of the molecule is O=c1c2c(nc(SCc3ccc(Cl)c(Cl)c3)n1-c1ccc(Br)cc1)CCS2. The van der Waals surface area contributed by atoms with Gasteiger partial charge in [-0.2, -0.15) is 0 Å². The van der Waals surface area contributed by atoms with Crippen molar-refractivity contribution in [3.05, 3.63) is 78.6 Å². The molecule has 3 aromatic rings. The van der Waals surface area contributed by atoms with Crippen LogP contribution in [0.3, 0.4) is 0 Å². The molecule has 3 nitrogen and oxygen atoms in total. The van der Waals surface area contributed by atoms with E-state index in [9.17, 15) is 4.79 Å². The molecule has 27 heavy (non-hydrogen) atoms. The monoisotopic (exact) mass is 498 g/mol. The quantitative estimate of drug-likeness (QED) is 0.314. The molecule has 0 atom stereocenters. The molecule has 138 valence electrons. The topological polar surface area (TPSA) is 34.9 Å². The third-order valence-corrected chi connectivity index (χ3v) is 7.49. The molecule has 0 radical (unpaired) electrons. The first-order valence-corrected chi connectivity index (χ1v) is 11.7. The van der Waals surface area contributed by atoms with Gasteiger partial charge in [-0.1, -0.05) is 57.0 Å². The largest absolute Gasteiger partial charge is 0.272 e. The van der Waals surface area contributed by atoms with Crippen molar-refractivity contribution in [2.24, 2.45) is 0 Å². The Morgan fingerprint density at radius 1 is 1.15 bits per heavy atom. The highest BCUT2D eigenvalue weighted by Crippen LogP contribution is 2.32. The number of hydrogen-bond acceptors (Lipinski definition) is 4. The zero-order valence-electron chi connectivity index (χ0n) is 13.9. The molecule has 0 saturated heterocycles. The van der Waals surface area contributed by atoms with Gasteiger partial charge in [0.05, 0.1) is 26.3 Å². The first kappa shape index (κ1) is 19.4. The third-order valence-electron chi connectivity index (χ3n) is 4.10. The lowest BCUT2D eigenvalue weighted by molar-refractivity contribution is 0.739. The smallest absolute Gasteiger partial charge is 0.268 e. The third kappa shape index (κ3) is 4.10. The Kier molecular flexibility index (Phi) is 5.90.